The first-order valence-corrected chi connectivity index (χ1v) is 11.9. The fourth-order valence-corrected chi connectivity index (χ4v) is 5.23. The zero-order chi connectivity index (χ0) is 24.4. The van der Waals surface area contributed by atoms with Crippen LogP contribution in [-0.4, -0.2) is 90.3 Å². The first kappa shape index (κ1) is 24.9. The molecule has 1 amide bonds. The van der Waals surface area contributed by atoms with E-state index in [2.05, 4.69) is 10.3 Å². The molecule has 186 valence electrons. The van der Waals surface area contributed by atoms with Crippen molar-refractivity contribution in [1.29, 1.82) is 0 Å². The van der Waals surface area contributed by atoms with Crippen molar-refractivity contribution in [3.05, 3.63) is 35.8 Å². The van der Waals surface area contributed by atoms with E-state index >= 15 is 0 Å². The van der Waals surface area contributed by atoms with E-state index in [1.54, 1.807) is 4.90 Å². The summed E-state index contributed by atoms with van der Waals surface area (Å²) in [5, 5.41) is 38.9. The number of hydrogen-bond acceptors (Lipinski definition) is 8. The van der Waals surface area contributed by atoms with Crippen molar-refractivity contribution in [1.82, 2.24) is 19.9 Å². The standard InChI is InChI=1S/C21H25F3N4O5S/c22-12-6-11(7-13(23)17(12)24)14-8-28(26-25-14)18-19(31)15(9-29)33-21(20(18)32)34-10-16(30)27-4-2-1-3-5-27/h6-8,15,18-21,29,31-32H,1-5,9-10H2/t15-,18+,19+,20-,21+/m1/s1. The summed E-state index contributed by atoms with van der Waals surface area (Å²) < 4.78 is 47.2. The monoisotopic (exact) mass is 502 g/mol. The molecule has 2 aromatic rings. The smallest absolute Gasteiger partial charge is 0.232 e. The van der Waals surface area contributed by atoms with Gasteiger partial charge in [0.15, 0.2) is 17.5 Å². The van der Waals surface area contributed by atoms with Gasteiger partial charge < -0.3 is 25.0 Å². The van der Waals surface area contributed by atoms with Gasteiger partial charge in [0.1, 0.15) is 35.5 Å². The maximum absolute atomic E-state index is 13.6. The molecule has 1 aromatic carbocycles. The highest BCUT2D eigenvalue weighted by Crippen LogP contribution is 2.35. The Hall–Kier alpha value is -2.19. The lowest BCUT2D eigenvalue weighted by molar-refractivity contribution is -0.178. The number of benzene rings is 1. The van der Waals surface area contributed by atoms with Crippen LogP contribution in [0.1, 0.15) is 25.3 Å². The summed E-state index contributed by atoms with van der Waals surface area (Å²) in [6.07, 6.45) is 0.371. The zero-order valence-corrected chi connectivity index (χ0v) is 18.9. The third-order valence-corrected chi connectivity index (χ3v) is 7.16. The number of thioether (sulfide) groups is 1. The highest BCUT2D eigenvalue weighted by atomic mass is 32.2. The van der Waals surface area contributed by atoms with Crippen molar-refractivity contribution in [3.63, 3.8) is 0 Å². The van der Waals surface area contributed by atoms with Gasteiger partial charge in [-0.3, -0.25) is 4.79 Å². The fraction of sp³-hybridized carbons (Fsp3) is 0.571. The Balaban J connectivity index is 1.51. The van der Waals surface area contributed by atoms with Crippen molar-refractivity contribution in [2.45, 2.75) is 49.1 Å². The molecule has 9 nitrogen and oxygen atoms in total. The number of carbonyl (C=O) groups is 1. The van der Waals surface area contributed by atoms with Crippen molar-refractivity contribution in [2.75, 3.05) is 25.4 Å². The number of rotatable bonds is 6. The third-order valence-electron chi connectivity index (χ3n) is 6.02. The number of amides is 1. The summed E-state index contributed by atoms with van der Waals surface area (Å²) in [6, 6.07) is 0.376. The van der Waals surface area contributed by atoms with Gasteiger partial charge in [-0.2, -0.15) is 0 Å². The Labute approximate surface area is 197 Å². The number of carbonyl (C=O) groups excluding carboxylic acids is 1. The zero-order valence-electron chi connectivity index (χ0n) is 18.1. The molecule has 0 radical (unpaired) electrons. The summed E-state index contributed by atoms with van der Waals surface area (Å²) in [6.45, 7) is 0.804. The second-order valence-electron chi connectivity index (χ2n) is 8.29. The maximum Gasteiger partial charge on any atom is 0.232 e. The molecule has 13 heteroatoms. The topological polar surface area (TPSA) is 121 Å². The average Bonchev–Trinajstić information content (AvgIpc) is 3.32. The van der Waals surface area contributed by atoms with Crippen LogP contribution in [0.25, 0.3) is 11.3 Å². The lowest BCUT2D eigenvalue weighted by Crippen LogP contribution is -2.55. The molecule has 2 aliphatic heterocycles. The van der Waals surface area contributed by atoms with Gasteiger partial charge in [0.2, 0.25) is 5.91 Å². The van der Waals surface area contributed by atoms with Crippen LogP contribution in [0.15, 0.2) is 18.3 Å². The van der Waals surface area contributed by atoms with Gasteiger partial charge in [-0.1, -0.05) is 5.21 Å². The van der Waals surface area contributed by atoms with E-state index in [1.165, 1.54) is 6.20 Å². The molecular formula is C21H25F3N4O5S. The second kappa shape index (κ2) is 10.6. The molecule has 0 saturated carbocycles. The van der Waals surface area contributed by atoms with E-state index in [0.717, 1.165) is 47.8 Å². The van der Waals surface area contributed by atoms with E-state index < -0.39 is 53.8 Å². The molecule has 5 atom stereocenters. The van der Waals surface area contributed by atoms with Crippen LogP contribution in [-0.2, 0) is 9.53 Å². The van der Waals surface area contributed by atoms with Crippen LogP contribution in [0.2, 0.25) is 0 Å². The minimum Gasteiger partial charge on any atom is -0.394 e. The van der Waals surface area contributed by atoms with Crippen molar-refractivity contribution >= 4 is 17.7 Å². The summed E-state index contributed by atoms with van der Waals surface area (Å²) in [7, 11) is 0. The van der Waals surface area contributed by atoms with E-state index in [-0.39, 0.29) is 22.9 Å². The molecule has 2 fully saturated rings. The first-order chi connectivity index (χ1) is 16.3. The number of ether oxygens (including phenoxy) is 1. The lowest BCUT2D eigenvalue weighted by atomic mass is 9.97. The minimum atomic E-state index is -1.61. The average molecular weight is 503 g/mol. The van der Waals surface area contributed by atoms with Gasteiger partial charge in [-0.15, -0.1) is 16.9 Å². The number of aliphatic hydroxyl groups is 3. The van der Waals surface area contributed by atoms with Gasteiger partial charge in [0.05, 0.1) is 18.6 Å². The molecule has 4 rings (SSSR count). The van der Waals surface area contributed by atoms with E-state index in [4.69, 9.17) is 4.74 Å². The summed E-state index contributed by atoms with van der Waals surface area (Å²) in [4.78, 5) is 14.3. The second-order valence-corrected chi connectivity index (χ2v) is 9.37. The van der Waals surface area contributed by atoms with Crippen LogP contribution in [0.4, 0.5) is 13.2 Å². The largest absolute Gasteiger partial charge is 0.394 e. The van der Waals surface area contributed by atoms with Crippen LogP contribution in [0, 0.1) is 17.5 Å². The Bertz CT molecular complexity index is 999. The van der Waals surface area contributed by atoms with Crippen molar-refractivity contribution in [2.24, 2.45) is 0 Å². The predicted molar refractivity (Wildman–Crippen MR) is 115 cm³/mol. The van der Waals surface area contributed by atoms with Crippen LogP contribution in [0.3, 0.4) is 0 Å². The molecule has 2 aliphatic rings. The Kier molecular flexibility index (Phi) is 7.77. The van der Waals surface area contributed by atoms with Crippen LogP contribution >= 0.6 is 11.8 Å². The summed E-state index contributed by atoms with van der Waals surface area (Å²) >= 11 is 1.05. The van der Waals surface area contributed by atoms with Crippen molar-refractivity contribution < 1.29 is 38.0 Å². The van der Waals surface area contributed by atoms with Gasteiger partial charge in [0, 0.05) is 18.7 Å². The molecule has 3 heterocycles. The number of aromatic nitrogens is 3. The Morgan fingerprint density at radius 1 is 1.12 bits per heavy atom. The van der Waals surface area contributed by atoms with Gasteiger partial charge in [-0.25, -0.2) is 17.9 Å². The van der Waals surface area contributed by atoms with E-state index in [1.807, 2.05) is 0 Å². The summed E-state index contributed by atoms with van der Waals surface area (Å²) in [5.41, 5.74) is -1.07. The predicted octanol–water partition coefficient (Wildman–Crippen LogP) is 1.09. The molecule has 3 N–H and O–H groups in total. The number of halogens is 3. The number of piperidine rings is 1. The number of aliphatic hydroxyl groups excluding tert-OH is 3. The Morgan fingerprint density at radius 3 is 2.44 bits per heavy atom. The minimum absolute atomic E-state index is 0.0197. The number of likely N-dealkylation sites (tertiary alicyclic amines) is 1. The van der Waals surface area contributed by atoms with Gasteiger partial charge in [0.25, 0.3) is 0 Å². The molecule has 2 saturated heterocycles. The SMILES string of the molecule is O=C(CS[C@@H]1O[C@H](CO)[C@H](O)[C@H](n2cc(-c3cc(F)c(F)c(F)c3)nn2)[C@H]1O)N1CCCCC1. The van der Waals surface area contributed by atoms with Crippen molar-refractivity contribution in [3.8, 4) is 11.3 Å². The van der Waals surface area contributed by atoms with E-state index in [9.17, 15) is 33.3 Å². The molecule has 0 bridgehead atoms. The highest BCUT2D eigenvalue weighted by molar-refractivity contribution is 8.00. The quantitative estimate of drug-likeness (QED) is 0.502. The summed E-state index contributed by atoms with van der Waals surface area (Å²) in [5.74, 6) is -4.46. The molecule has 34 heavy (non-hydrogen) atoms. The molecule has 0 unspecified atom stereocenters. The van der Waals surface area contributed by atoms with Gasteiger partial charge >= 0.3 is 0 Å². The van der Waals surface area contributed by atoms with Gasteiger partial charge in [-0.05, 0) is 31.4 Å². The molecule has 0 aliphatic carbocycles. The number of nitrogens with zero attached hydrogens (tertiary/aromatic N) is 4. The maximum atomic E-state index is 13.6. The fourth-order valence-electron chi connectivity index (χ4n) is 4.16. The molecular weight excluding hydrogens is 477 g/mol. The first-order valence-electron chi connectivity index (χ1n) is 10.9. The highest BCUT2D eigenvalue weighted by Gasteiger charge is 2.46. The third kappa shape index (κ3) is 5.08. The molecule has 0 spiro atoms. The van der Waals surface area contributed by atoms with Crippen LogP contribution < -0.4 is 0 Å². The normalized spacial score (nSPS) is 27.7. The van der Waals surface area contributed by atoms with Crippen LogP contribution in [0.5, 0.6) is 0 Å². The molecule has 1 aromatic heterocycles. The lowest BCUT2D eigenvalue weighted by Gasteiger charge is -2.41. The van der Waals surface area contributed by atoms with E-state index in [0.29, 0.717) is 13.1 Å². The Morgan fingerprint density at radius 2 is 1.79 bits per heavy atom. The number of hydrogen-bond donors (Lipinski definition) is 3.